The van der Waals surface area contributed by atoms with Gasteiger partial charge in [0, 0.05) is 6.42 Å². The van der Waals surface area contributed by atoms with Crippen LogP contribution in [-0.4, -0.2) is 12.4 Å². The maximum atomic E-state index is 10.9. The Hall–Kier alpha value is -1.31. The molecule has 0 bridgehead atoms. The summed E-state index contributed by atoms with van der Waals surface area (Å²) >= 11 is 0. The van der Waals surface area contributed by atoms with Gasteiger partial charge in [-0.05, 0) is 31.0 Å². The van der Waals surface area contributed by atoms with E-state index >= 15 is 0 Å². The Morgan fingerprint density at radius 1 is 1.43 bits per heavy atom. The van der Waals surface area contributed by atoms with Crippen LogP contribution in [0.1, 0.15) is 25.8 Å². The van der Waals surface area contributed by atoms with Crippen LogP contribution in [0.3, 0.4) is 0 Å². The van der Waals surface area contributed by atoms with E-state index < -0.39 is 0 Å². The fourth-order valence-corrected chi connectivity index (χ4v) is 1.25. The molecule has 2 nitrogen and oxygen atoms in total. The summed E-state index contributed by atoms with van der Waals surface area (Å²) in [5, 5.41) is 0. The topological polar surface area (TPSA) is 26.3 Å². The van der Waals surface area contributed by atoms with E-state index in [1.165, 1.54) is 0 Å². The van der Waals surface area contributed by atoms with Crippen LogP contribution in [0.2, 0.25) is 0 Å². The van der Waals surface area contributed by atoms with Crippen LogP contribution in [0.4, 0.5) is 0 Å². The minimum atomic E-state index is 0.178. The van der Waals surface area contributed by atoms with Crippen LogP contribution in [0.15, 0.2) is 24.3 Å². The van der Waals surface area contributed by atoms with E-state index in [0.717, 1.165) is 24.3 Å². The molecule has 0 amide bonds. The molecule has 0 N–H and O–H groups in total. The average molecular weight is 192 g/mol. The van der Waals surface area contributed by atoms with E-state index in [4.69, 9.17) is 4.74 Å². The summed E-state index contributed by atoms with van der Waals surface area (Å²) in [4.78, 5) is 10.9. The number of rotatable bonds is 5. The van der Waals surface area contributed by atoms with Crippen LogP contribution >= 0.6 is 0 Å². The van der Waals surface area contributed by atoms with Crippen molar-refractivity contribution in [1.82, 2.24) is 0 Å². The first-order valence-electron chi connectivity index (χ1n) is 4.93. The van der Waals surface area contributed by atoms with E-state index in [1.807, 2.05) is 24.3 Å². The molecule has 0 aliphatic heterocycles. The highest BCUT2D eigenvalue weighted by Crippen LogP contribution is 2.14. The lowest BCUT2D eigenvalue weighted by atomic mass is 10.1. The first-order chi connectivity index (χ1) is 6.72. The molecular weight excluding hydrogens is 176 g/mol. The number of carbonyl (C=O) groups is 1. The van der Waals surface area contributed by atoms with Crippen molar-refractivity contribution in [2.24, 2.45) is 0 Å². The van der Waals surface area contributed by atoms with Crippen molar-refractivity contribution in [2.45, 2.75) is 26.7 Å². The fraction of sp³-hybridized carbons (Fsp3) is 0.417. The maximum Gasteiger partial charge on any atom is 0.134 e. The zero-order chi connectivity index (χ0) is 10.4. The van der Waals surface area contributed by atoms with Gasteiger partial charge in [0.15, 0.2) is 0 Å². The number of hydrogen-bond donors (Lipinski definition) is 0. The predicted molar refractivity (Wildman–Crippen MR) is 56.6 cm³/mol. The number of hydrogen-bond acceptors (Lipinski definition) is 2. The molecule has 0 heterocycles. The van der Waals surface area contributed by atoms with Crippen molar-refractivity contribution in [2.75, 3.05) is 6.61 Å². The Morgan fingerprint density at radius 2 is 2.21 bits per heavy atom. The molecular formula is C12H16O2. The molecule has 0 aliphatic carbocycles. The van der Waals surface area contributed by atoms with E-state index in [2.05, 4.69) is 6.92 Å². The molecule has 0 spiro atoms. The minimum Gasteiger partial charge on any atom is -0.494 e. The molecule has 1 aromatic carbocycles. The second kappa shape index (κ2) is 5.43. The lowest BCUT2D eigenvalue weighted by molar-refractivity contribution is -0.116. The number of Topliss-reactive ketones (excluding diaryl/α,β-unsaturated/α-hetero) is 1. The summed E-state index contributed by atoms with van der Waals surface area (Å²) in [5.41, 5.74) is 1.02. The molecule has 0 aromatic heterocycles. The minimum absolute atomic E-state index is 0.178. The van der Waals surface area contributed by atoms with E-state index in [1.54, 1.807) is 6.92 Å². The monoisotopic (exact) mass is 192 g/mol. The van der Waals surface area contributed by atoms with Gasteiger partial charge in [-0.3, -0.25) is 4.79 Å². The first kappa shape index (κ1) is 10.8. The predicted octanol–water partition coefficient (Wildman–Crippen LogP) is 2.61. The average Bonchev–Trinajstić information content (AvgIpc) is 2.14. The third-order valence-electron chi connectivity index (χ3n) is 1.82. The second-order valence-corrected chi connectivity index (χ2v) is 3.37. The fourth-order valence-electron chi connectivity index (χ4n) is 1.25. The van der Waals surface area contributed by atoms with Gasteiger partial charge in [-0.25, -0.2) is 0 Å². The normalized spacial score (nSPS) is 9.86. The summed E-state index contributed by atoms with van der Waals surface area (Å²) in [5.74, 6) is 1.03. The Balaban J connectivity index is 2.63. The largest absolute Gasteiger partial charge is 0.494 e. The van der Waals surface area contributed by atoms with Gasteiger partial charge < -0.3 is 4.74 Å². The molecule has 1 aromatic rings. The Kier molecular flexibility index (Phi) is 4.17. The summed E-state index contributed by atoms with van der Waals surface area (Å²) in [6.07, 6.45) is 1.49. The van der Waals surface area contributed by atoms with Crippen molar-refractivity contribution in [3.63, 3.8) is 0 Å². The smallest absolute Gasteiger partial charge is 0.134 e. The van der Waals surface area contributed by atoms with Crippen LogP contribution < -0.4 is 4.74 Å². The van der Waals surface area contributed by atoms with Gasteiger partial charge in [-0.1, -0.05) is 19.1 Å². The molecule has 0 aliphatic rings. The molecule has 0 radical (unpaired) electrons. The van der Waals surface area contributed by atoms with Crippen molar-refractivity contribution >= 4 is 5.78 Å². The summed E-state index contributed by atoms with van der Waals surface area (Å²) in [7, 11) is 0. The molecule has 14 heavy (non-hydrogen) atoms. The van der Waals surface area contributed by atoms with Gasteiger partial charge >= 0.3 is 0 Å². The van der Waals surface area contributed by atoms with Gasteiger partial charge in [0.2, 0.25) is 0 Å². The lowest BCUT2D eigenvalue weighted by Gasteiger charge is -2.05. The van der Waals surface area contributed by atoms with Gasteiger partial charge in [-0.2, -0.15) is 0 Å². The highest BCUT2D eigenvalue weighted by molar-refractivity contribution is 5.78. The lowest BCUT2D eigenvalue weighted by Crippen LogP contribution is -1.98. The van der Waals surface area contributed by atoms with Gasteiger partial charge in [0.05, 0.1) is 6.61 Å². The Labute approximate surface area is 84.9 Å². The maximum absolute atomic E-state index is 10.9. The van der Waals surface area contributed by atoms with Crippen molar-refractivity contribution in [1.29, 1.82) is 0 Å². The number of ketones is 1. The first-order valence-corrected chi connectivity index (χ1v) is 4.93. The second-order valence-electron chi connectivity index (χ2n) is 3.37. The highest BCUT2D eigenvalue weighted by Gasteiger charge is 1.99. The van der Waals surface area contributed by atoms with Gasteiger partial charge in [-0.15, -0.1) is 0 Å². The van der Waals surface area contributed by atoms with Crippen LogP contribution in [0, 0.1) is 0 Å². The van der Waals surface area contributed by atoms with Crippen LogP contribution in [0.5, 0.6) is 5.75 Å². The molecule has 0 saturated heterocycles. The molecule has 0 unspecified atom stereocenters. The molecule has 0 atom stereocenters. The van der Waals surface area contributed by atoms with E-state index in [-0.39, 0.29) is 5.78 Å². The quantitative estimate of drug-likeness (QED) is 0.716. The van der Waals surface area contributed by atoms with Crippen LogP contribution in [-0.2, 0) is 11.2 Å². The van der Waals surface area contributed by atoms with E-state index in [0.29, 0.717) is 6.42 Å². The van der Waals surface area contributed by atoms with Crippen molar-refractivity contribution in [3.8, 4) is 5.75 Å². The summed E-state index contributed by atoms with van der Waals surface area (Å²) in [6, 6.07) is 7.71. The Bertz CT molecular complexity index is 305. The summed E-state index contributed by atoms with van der Waals surface area (Å²) in [6.45, 7) is 4.39. The van der Waals surface area contributed by atoms with Gasteiger partial charge in [0.1, 0.15) is 11.5 Å². The zero-order valence-corrected chi connectivity index (χ0v) is 8.75. The standard InChI is InChI=1S/C12H16O2/c1-3-7-14-12-6-4-5-11(9-12)8-10(2)13/h4-6,9H,3,7-8H2,1-2H3. The van der Waals surface area contributed by atoms with E-state index in [9.17, 15) is 4.79 Å². The molecule has 0 fully saturated rings. The summed E-state index contributed by atoms with van der Waals surface area (Å²) < 4.78 is 5.47. The number of benzene rings is 1. The number of ether oxygens (including phenoxy) is 1. The SMILES string of the molecule is CCCOc1cccc(CC(C)=O)c1. The molecule has 76 valence electrons. The Morgan fingerprint density at radius 3 is 2.86 bits per heavy atom. The zero-order valence-electron chi connectivity index (χ0n) is 8.75. The van der Waals surface area contributed by atoms with Crippen molar-refractivity contribution in [3.05, 3.63) is 29.8 Å². The number of carbonyl (C=O) groups excluding carboxylic acids is 1. The van der Waals surface area contributed by atoms with Crippen LogP contribution in [0.25, 0.3) is 0 Å². The third kappa shape index (κ3) is 3.60. The molecule has 0 saturated carbocycles. The van der Waals surface area contributed by atoms with Gasteiger partial charge in [0.25, 0.3) is 0 Å². The van der Waals surface area contributed by atoms with Crippen molar-refractivity contribution < 1.29 is 9.53 Å². The molecule has 1 rings (SSSR count). The highest BCUT2D eigenvalue weighted by atomic mass is 16.5. The third-order valence-corrected chi connectivity index (χ3v) is 1.82. The molecule has 2 heteroatoms.